The summed E-state index contributed by atoms with van der Waals surface area (Å²) >= 11 is 0. The maximum Gasteiger partial charge on any atom is 0.232 e. The minimum atomic E-state index is -0.104. The van der Waals surface area contributed by atoms with E-state index < -0.39 is 0 Å². The lowest BCUT2D eigenvalue weighted by atomic mass is 9.98. The number of anilines is 1. The summed E-state index contributed by atoms with van der Waals surface area (Å²) in [6.45, 7) is 7.14. The smallest absolute Gasteiger partial charge is 0.232 e. The molecular weight excluding hydrogens is 264 g/mol. The van der Waals surface area contributed by atoms with Gasteiger partial charge < -0.3 is 9.64 Å². The van der Waals surface area contributed by atoms with Gasteiger partial charge in [0, 0.05) is 12.6 Å². The van der Waals surface area contributed by atoms with E-state index in [-0.39, 0.29) is 17.9 Å². The SMILES string of the molecule is Cc1ccc(C#N)c(N(C(=O)C2CCCOC2)C(C)C)c1. The molecule has 1 aromatic carbocycles. The Morgan fingerprint density at radius 3 is 2.81 bits per heavy atom. The van der Waals surface area contributed by atoms with Crippen LogP contribution in [0.4, 0.5) is 5.69 Å². The maximum atomic E-state index is 12.9. The van der Waals surface area contributed by atoms with Crippen molar-refractivity contribution in [1.29, 1.82) is 5.26 Å². The molecule has 1 aliphatic rings. The van der Waals surface area contributed by atoms with Gasteiger partial charge >= 0.3 is 0 Å². The first-order chi connectivity index (χ1) is 10.0. The third-order valence-corrected chi connectivity index (χ3v) is 3.80. The van der Waals surface area contributed by atoms with Gasteiger partial charge in [-0.05, 0) is 51.3 Å². The first kappa shape index (κ1) is 15.5. The van der Waals surface area contributed by atoms with Crippen LogP contribution in [-0.4, -0.2) is 25.2 Å². The molecule has 1 unspecified atom stereocenters. The Bertz CT molecular complexity index is 554. The molecule has 0 aromatic heterocycles. The number of hydrogen-bond acceptors (Lipinski definition) is 3. The van der Waals surface area contributed by atoms with Crippen molar-refractivity contribution < 1.29 is 9.53 Å². The van der Waals surface area contributed by atoms with Gasteiger partial charge in [0.05, 0.1) is 23.8 Å². The van der Waals surface area contributed by atoms with Crippen molar-refractivity contribution in [2.75, 3.05) is 18.1 Å². The van der Waals surface area contributed by atoms with Crippen molar-refractivity contribution in [3.8, 4) is 6.07 Å². The Kier molecular flexibility index (Phi) is 4.98. The monoisotopic (exact) mass is 286 g/mol. The van der Waals surface area contributed by atoms with E-state index in [4.69, 9.17) is 4.74 Å². The maximum absolute atomic E-state index is 12.9. The highest BCUT2D eigenvalue weighted by molar-refractivity contribution is 5.97. The van der Waals surface area contributed by atoms with E-state index in [1.807, 2.05) is 32.9 Å². The van der Waals surface area contributed by atoms with Crippen molar-refractivity contribution in [1.82, 2.24) is 0 Å². The van der Waals surface area contributed by atoms with E-state index in [0.717, 1.165) is 25.0 Å². The number of aryl methyl sites for hydroxylation is 1. The highest BCUT2D eigenvalue weighted by Crippen LogP contribution is 2.27. The van der Waals surface area contributed by atoms with Gasteiger partial charge in [-0.25, -0.2) is 0 Å². The summed E-state index contributed by atoms with van der Waals surface area (Å²) in [7, 11) is 0. The normalized spacial score (nSPS) is 18.3. The van der Waals surface area contributed by atoms with Crippen molar-refractivity contribution in [3.05, 3.63) is 29.3 Å². The molecule has 1 amide bonds. The molecule has 4 heteroatoms. The number of hydrogen-bond donors (Lipinski definition) is 0. The molecule has 4 nitrogen and oxygen atoms in total. The molecule has 1 saturated heterocycles. The zero-order valence-corrected chi connectivity index (χ0v) is 12.9. The Morgan fingerprint density at radius 2 is 2.24 bits per heavy atom. The molecule has 0 aliphatic carbocycles. The van der Waals surface area contributed by atoms with E-state index >= 15 is 0 Å². The molecule has 112 valence electrons. The van der Waals surface area contributed by atoms with Gasteiger partial charge in [0.25, 0.3) is 0 Å². The van der Waals surface area contributed by atoms with Crippen LogP contribution >= 0.6 is 0 Å². The molecule has 0 spiro atoms. The molecule has 1 aromatic rings. The molecule has 1 aliphatic heterocycles. The third kappa shape index (κ3) is 3.43. The van der Waals surface area contributed by atoms with Crippen molar-refractivity contribution >= 4 is 11.6 Å². The zero-order valence-electron chi connectivity index (χ0n) is 12.9. The Labute approximate surface area is 126 Å². The Hall–Kier alpha value is -1.86. The number of amides is 1. The minimum absolute atomic E-state index is 0.00771. The van der Waals surface area contributed by atoms with Crippen LogP contribution in [0, 0.1) is 24.2 Å². The minimum Gasteiger partial charge on any atom is -0.381 e. The van der Waals surface area contributed by atoms with Gasteiger partial charge in [-0.3, -0.25) is 4.79 Å². The average molecular weight is 286 g/mol. The predicted octanol–water partition coefficient (Wildman–Crippen LogP) is 3.03. The van der Waals surface area contributed by atoms with Crippen LogP contribution in [0.25, 0.3) is 0 Å². The topological polar surface area (TPSA) is 53.3 Å². The number of benzene rings is 1. The van der Waals surface area contributed by atoms with Crippen LogP contribution in [0.3, 0.4) is 0 Å². The van der Waals surface area contributed by atoms with Crippen molar-refractivity contribution in [2.24, 2.45) is 5.92 Å². The molecule has 0 saturated carbocycles. The van der Waals surface area contributed by atoms with Crippen LogP contribution in [-0.2, 0) is 9.53 Å². The van der Waals surface area contributed by atoms with Gasteiger partial charge in [-0.15, -0.1) is 0 Å². The van der Waals surface area contributed by atoms with Crippen LogP contribution in [0.2, 0.25) is 0 Å². The summed E-state index contributed by atoms with van der Waals surface area (Å²) in [6, 6.07) is 7.80. The molecule has 0 radical (unpaired) electrons. The van der Waals surface area contributed by atoms with E-state index in [1.165, 1.54) is 0 Å². The highest BCUT2D eigenvalue weighted by atomic mass is 16.5. The fraction of sp³-hybridized carbons (Fsp3) is 0.529. The molecule has 1 atom stereocenters. The fourth-order valence-corrected chi connectivity index (χ4v) is 2.72. The average Bonchev–Trinajstić information content (AvgIpc) is 2.48. The van der Waals surface area contributed by atoms with Crippen LogP contribution in [0.5, 0.6) is 0 Å². The van der Waals surface area contributed by atoms with Crippen molar-refractivity contribution in [3.63, 3.8) is 0 Å². The molecule has 1 heterocycles. The summed E-state index contributed by atoms with van der Waals surface area (Å²) in [5.74, 6) is -0.0417. The first-order valence-electron chi connectivity index (χ1n) is 7.46. The number of nitrogens with zero attached hydrogens (tertiary/aromatic N) is 2. The second-order valence-electron chi connectivity index (χ2n) is 5.85. The first-order valence-corrected chi connectivity index (χ1v) is 7.46. The number of carbonyl (C=O) groups excluding carboxylic acids is 1. The lowest BCUT2D eigenvalue weighted by molar-refractivity contribution is -0.126. The van der Waals surface area contributed by atoms with Crippen LogP contribution in [0.1, 0.15) is 37.8 Å². The Morgan fingerprint density at radius 1 is 1.48 bits per heavy atom. The molecular formula is C17H22N2O2. The molecule has 0 bridgehead atoms. The van der Waals surface area contributed by atoms with Gasteiger partial charge in [0.1, 0.15) is 6.07 Å². The quantitative estimate of drug-likeness (QED) is 0.858. The van der Waals surface area contributed by atoms with Gasteiger partial charge in [-0.1, -0.05) is 6.07 Å². The van der Waals surface area contributed by atoms with Gasteiger partial charge in [0.2, 0.25) is 5.91 Å². The van der Waals surface area contributed by atoms with E-state index in [0.29, 0.717) is 17.9 Å². The lowest BCUT2D eigenvalue weighted by Gasteiger charge is -2.33. The number of ether oxygens (including phenoxy) is 1. The van der Waals surface area contributed by atoms with Gasteiger partial charge in [0.15, 0.2) is 0 Å². The molecule has 0 N–H and O–H groups in total. The Balaban J connectivity index is 2.37. The highest BCUT2D eigenvalue weighted by Gasteiger charge is 2.30. The van der Waals surface area contributed by atoms with Crippen LogP contribution < -0.4 is 4.90 Å². The van der Waals surface area contributed by atoms with Crippen LogP contribution in [0.15, 0.2) is 18.2 Å². The summed E-state index contributed by atoms with van der Waals surface area (Å²) in [4.78, 5) is 14.6. The van der Waals surface area contributed by atoms with Crippen molar-refractivity contribution in [2.45, 2.75) is 39.7 Å². The van der Waals surface area contributed by atoms with Gasteiger partial charge in [-0.2, -0.15) is 5.26 Å². The second-order valence-corrected chi connectivity index (χ2v) is 5.85. The molecule has 1 fully saturated rings. The number of nitriles is 1. The summed E-state index contributed by atoms with van der Waals surface area (Å²) in [6.07, 6.45) is 1.77. The second kappa shape index (κ2) is 6.73. The fourth-order valence-electron chi connectivity index (χ4n) is 2.72. The summed E-state index contributed by atoms with van der Waals surface area (Å²) < 4.78 is 5.44. The predicted molar refractivity (Wildman–Crippen MR) is 82.1 cm³/mol. The number of carbonyl (C=O) groups is 1. The lowest BCUT2D eigenvalue weighted by Crippen LogP contribution is -2.44. The molecule has 2 rings (SSSR count). The van der Waals surface area contributed by atoms with E-state index in [9.17, 15) is 10.1 Å². The zero-order chi connectivity index (χ0) is 15.4. The van der Waals surface area contributed by atoms with E-state index in [1.54, 1.807) is 11.0 Å². The largest absolute Gasteiger partial charge is 0.381 e. The summed E-state index contributed by atoms with van der Waals surface area (Å²) in [5.41, 5.74) is 2.30. The van der Waals surface area contributed by atoms with E-state index in [2.05, 4.69) is 6.07 Å². The third-order valence-electron chi connectivity index (χ3n) is 3.80. The standard InChI is InChI=1S/C17H22N2O2/c1-12(2)19(17(20)15-5-4-8-21-11-15)16-9-13(3)6-7-14(16)10-18/h6-7,9,12,15H,4-5,8,11H2,1-3H3. The molecule has 21 heavy (non-hydrogen) atoms. The number of rotatable bonds is 3. The summed E-state index contributed by atoms with van der Waals surface area (Å²) in [5, 5.41) is 9.32.